The van der Waals surface area contributed by atoms with Crippen LogP contribution in [0.5, 0.6) is 0 Å². The number of hydrogen-bond acceptors (Lipinski definition) is 2. The summed E-state index contributed by atoms with van der Waals surface area (Å²) in [4.78, 5) is 18.5. The van der Waals surface area contributed by atoms with Gasteiger partial charge in [-0.15, -0.1) is 0 Å². The Kier molecular flexibility index (Phi) is 2.62. The molecule has 0 unspecified atom stereocenters. The van der Waals surface area contributed by atoms with E-state index < -0.39 is 18.4 Å². The maximum atomic E-state index is 11.4. The van der Waals surface area contributed by atoms with Crippen molar-refractivity contribution in [3.63, 3.8) is 0 Å². The standard InChI is InChI=1S/C9H5O2.3CH3.Sn/c10-9-8-4-2-1-3-7(8)5-6-11-9;;;;/h2-6H;3*1H3;. The van der Waals surface area contributed by atoms with E-state index in [1.165, 1.54) is 9.84 Å². The first kappa shape index (κ1) is 10.7. The van der Waals surface area contributed by atoms with Crippen LogP contribution in [-0.2, 0) is 0 Å². The minimum atomic E-state index is -2.02. The minimum absolute atomic E-state index is 0.247. The third-order valence-corrected chi connectivity index (χ3v) is 8.39. The van der Waals surface area contributed by atoms with Crippen molar-refractivity contribution in [2.75, 3.05) is 0 Å². The molecule has 1 heterocycles. The van der Waals surface area contributed by atoms with Gasteiger partial charge in [0, 0.05) is 0 Å². The van der Waals surface area contributed by atoms with Crippen LogP contribution in [0, 0.1) is 0 Å². The van der Waals surface area contributed by atoms with Gasteiger partial charge in [0.05, 0.1) is 0 Å². The number of fused-ring (bicyclic) bond motifs is 1. The van der Waals surface area contributed by atoms with E-state index in [-0.39, 0.29) is 5.63 Å². The van der Waals surface area contributed by atoms with Crippen molar-refractivity contribution in [1.82, 2.24) is 0 Å². The number of hydrogen-bond donors (Lipinski definition) is 0. The molecule has 2 nitrogen and oxygen atoms in total. The van der Waals surface area contributed by atoms with Gasteiger partial charge in [0.1, 0.15) is 0 Å². The van der Waals surface area contributed by atoms with Crippen molar-refractivity contribution in [1.29, 1.82) is 0 Å². The Labute approximate surface area is 92.8 Å². The molecule has 0 N–H and O–H groups in total. The van der Waals surface area contributed by atoms with Gasteiger partial charge >= 0.3 is 92.9 Å². The van der Waals surface area contributed by atoms with Crippen molar-refractivity contribution in [3.8, 4) is 0 Å². The first-order chi connectivity index (χ1) is 6.98. The van der Waals surface area contributed by atoms with Crippen LogP contribution in [0.4, 0.5) is 0 Å². The fourth-order valence-electron chi connectivity index (χ4n) is 1.59. The molecule has 0 aliphatic carbocycles. The Balaban J connectivity index is 2.73. The van der Waals surface area contributed by atoms with Crippen LogP contribution in [-0.4, -0.2) is 18.4 Å². The second-order valence-electron chi connectivity index (χ2n) is 4.76. The van der Waals surface area contributed by atoms with Gasteiger partial charge in [-0.2, -0.15) is 0 Å². The van der Waals surface area contributed by atoms with Crippen molar-refractivity contribution in [3.05, 3.63) is 40.9 Å². The van der Waals surface area contributed by atoms with Gasteiger partial charge in [-0.1, -0.05) is 0 Å². The molecule has 0 saturated heterocycles. The molecule has 0 saturated carbocycles. The molecule has 0 aliphatic rings. The molecule has 0 atom stereocenters. The number of rotatable bonds is 1. The Hall–Kier alpha value is -0.771. The molecule has 0 bridgehead atoms. The molecule has 0 amide bonds. The second kappa shape index (κ2) is 3.67. The van der Waals surface area contributed by atoms with Gasteiger partial charge in [0.25, 0.3) is 0 Å². The zero-order valence-corrected chi connectivity index (χ0v) is 12.1. The van der Waals surface area contributed by atoms with E-state index >= 15 is 0 Å². The molecule has 78 valence electrons. The normalized spacial score (nSPS) is 11.9. The summed E-state index contributed by atoms with van der Waals surface area (Å²) in [5, 5.41) is 1.67. The summed E-state index contributed by atoms with van der Waals surface area (Å²) in [7, 11) is 0. The van der Waals surface area contributed by atoms with Gasteiger partial charge in [-0.3, -0.25) is 0 Å². The first-order valence-electron chi connectivity index (χ1n) is 5.00. The summed E-state index contributed by atoms with van der Waals surface area (Å²) < 4.78 is 6.26. The van der Waals surface area contributed by atoms with E-state index in [0.29, 0.717) is 5.39 Å². The van der Waals surface area contributed by atoms with Crippen LogP contribution in [0.3, 0.4) is 0 Å². The van der Waals surface area contributed by atoms with Gasteiger partial charge in [-0.05, 0) is 0 Å². The van der Waals surface area contributed by atoms with E-state index in [4.69, 9.17) is 4.42 Å². The van der Waals surface area contributed by atoms with Gasteiger partial charge < -0.3 is 0 Å². The molecular formula is C12H14O2Sn. The van der Waals surface area contributed by atoms with Crippen molar-refractivity contribution >= 4 is 32.7 Å². The third-order valence-electron chi connectivity index (χ3n) is 2.56. The summed E-state index contributed by atoms with van der Waals surface area (Å²) >= 11 is -2.02. The van der Waals surface area contributed by atoms with Crippen molar-refractivity contribution < 1.29 is 4.42 Å². The molecule has 0 aliphatic heterocycles. The molecule has 15 heavy (non-hydrogen) atoms. The van der Waals surface area contributed by atoms with Crippen molar-refractivity contribution in [2.24, 2.45) is 0 Å². The van der Waals surface area contributed by atoms with Crippen LogP contribution in [0.1, 0.15) is 0 Å². The van der Waals surface area contributed by atoms with Crippen LogP contribution >= 0.6 is 0 Å². The number of benzene rings is 1. The molecule has 2 aromatic rings. The average molecular weight is 309 g/mol. The molecule has 1 aromatic carbocycles. The topological polar surface area (TPSA) is 30.2 Å². The van der Waals surface area contributed by atoms with E-state index in [2.05, 4.69) is 27.0 Å². The second-order valence-corrected chi connectivity index (χ2v) is 19.3. The molecule has 3 heteroatoms. The Morgan fingerprint density at radius 2 is 1.87 bits per heavy atom. The average Bonchev–Trinajstić information content (AvgIpc) is 2.16. The SMILES string of the molecule is [CH3][Sn]([CH3])([CH3])[c]1ccc2c(=O)occc2c1. The summed E-state index contributed by atoms with van der Waals surface area (Å²) in [6.07, 6.45) is 1.46. The maximum absolute atomic E-state index is 11.4. The van der Waals surface area contributed by atoms with Gasteiger partial charge in [0.15, 0.2) is 0 Å². The predicted molar refractivity (Wildman–Crippen MR) is 65.5 cm³/mol. The fraction of sp³-hybridized carbons (Fsp3) is 0.250. The van der Waals surface area contributed by atoms with Crippen LogP contribution in [0.2, 0.25) is 14.8 Å². The van der Waals surface area contributed by atoms with Crippen LogP contribution in [0.25, 0.3) is 10.8 Å². The summed E-state index contributed by atoms with van der Waals surface area (Å²) in [6.45, 7) is 0. The van der Waals surface area contributed by atoms with Crippen LogP contribution in [0.15, 0.2) is 39.7 Å². The monoisotopic (exact) mass is 310 g/mol. The molecular weight excluding hydrogens is 295 g/mol. The van der Waals surface area contributed by atoms with Gasteiger partial charge in [-0.25, -0.2) is 0 Å². The zero-order valence-electron chi connectivity index (χ0n) is 9.20. The molecule has 0 spiro atoms. The van der Waals surface area contributed by atoms with E-state index in [1.807, 2.05) is 12.1 Å². The molecule has 0 radical (unpaired) electrons. The Morgan fingerprint density at radius 1 is 1.13 bits per heavy atom. The van der Waals surface area contributed by atoms with Gasteiger partial charge in [0.2, 0.25) is 0 Å². The first-order valence-corrected chi connectivity index (χ1v) is 15.0. The Bertz CT molecular complexity index is 549. The molecule has 0 fully saturated rings. The van der Waals surface area contributed by atoms with Crippen molar-refractivity contribution in [2.45, 2.75) is 14.8 Å². The summed E-state index contributed by atoms with van der Waals surface area (Å²) in [5.41, 5.74) is -0.247. The van der Waals surface area contributed by atoms with E-state index in [0.717, 1.165) is 5.39 Å². The van der Waals surface area contributed by atoms with Crippen LogP contribution < -0.4 is 9.20 Å². The van der Waals surface area contributed by atoms with E-state index in [9.17, 15) is 4.79 Å². The third kappa shape index (κ3) is 2.09. The fourth-order valence-corrected chi connectivity index (χ4v) is 4.93. The predicted octanol–water partition coefficient (Wildman–Crippen LogP) is 2.34. The zero-order chi connectivity index (χ0) is 11.1. The summed E-state index contributed by atoms with van der Waals surface area (Å²) in [5.74, 6) is 0. The Morgan fingerprint density at radius 3 is 2.53 bits per heavy atom. The van der Waals surface area contributed by atoms with E-state index in [1.54, 1.807) is 0 Å². The molecule has 2 rings (SSSR count). The quantitative estimate of drug-likeness (QED) is 0.757. The summed E-state index contributed by atoms with van der Waals surface area (Å²) in [6, 6.07) is 7.97. The molecule has 1 aromatic heterocycles.